The molecule has 1 aromatic carbocycles. The molecule has 114 valence electrons. The monoisotopic (exact) mass is 293 g/mol. The smallest absolute Gasteiger partial charge is 0.308 e. The molecule has 1 aromatic rings. The Labute approximate surface area is 123 Å². The number of rotatable bonds is 5. The Morgan fingerprint density at radius 2 is 2.05 bits per heavy atom. The summed E-state index contributed by atoms with van der Waals surface area (Å²) in [5, 5.41) is 10.7. The number of esters is 1. The second-order valence-corrected chi connectivity index (χ2v) is 5.10. The maximum Gasteiger partial charge on any atom is 0.308 e. The Kier molecular flexibility index (Phi) is 5.14. The first kappa shape index (κ1) is 15.3. The minimum atomic E-state index is -0.440. The van der Waals surface area contributed by atoms with Crippen molar-refractivity contribution in [1.82, 2.24) is 0 Å². The summed E-state index contributed by atoms with van der Waals surface area (Å²) >= 11 is 0. The lowest BCUT2D eigenvalue weighted by Gasteiger charge is -2.27. The van der Waals surface area contributed by atoms with Gasteiger partial charge >= 0.3 is 5.97 Å². The van der Waals surface area contributed by atoms with Crippen molar-refractivity contribution >= 4 is 11.7 Å². The first-order chi connectivity index (χ1) is 10.1. The summed E-state index contributed by atoms with van der Waals surface area (Å²) in [7, 11) is 0. The van der Waals surface area contributed by atoms with Gasteiger partial charge in [-0.1, -0.05) is 6.07 Å². The summed E-state index contributed by atoms with van der Waals surface area (Å²) in [4.78, 5) is 21.9. The molecule has 0 saturated heterocycles. The summed E-state index contributed by atoms with van der Waals surface area (Å²) in [6.07, 6.45) is 2.98. The van der Waals surface area contributed by atoms with Gasteiger partial charge in [-0.15, -0.1) is 0 Å². The van der Waals surface area contributed by atoms with E-state index in [0.717, 1.165) is 25.7 Å². The first-order valence-corrected chi connectivity index (χ1v) is 7.18. The largest absolute Gasteiger partial charge is 0.490 e. The third-order valence-electron chi connectivity index (χ3n) is 3.63. The molecule has 0 aliphatic heterocycles. The van der Waals surface area contributed by atoms with Gasteiger partial charge in [-0.2, -0.15) is 0 Å². The lowest BCUT2D eigenvalue weighted by atomic mass is 9.87. The fraction of sp³-hybridized carbons (Fsp3) is 0.533. The van der Waals surface area contributed by atoms with E-state index in [0.29, 0.717) is 12.4 Å². The number of carbonyl (C=O) groups excluding carboxylic acids is 1. The average Bonchev–Trinajstić information content (AvgIpc) is 2.48. The van der Waals surface area contributed by atoms with E-state index in [9.17, 15) is 14.9 Å². The van der Waals surface area contributed by atoms with E-state index in [1.165, 1.54) is 12.1 Å². The minimum absolute atomic E-state index is 0.00215. The number of benzene rings is 1. The molecule has 2 rings (SSSR count). The second kappa shape index (κ2) is 7.06. The number of nitro benzene ring substituents is 1. The fourth-order valence-corrected chi connectivity index (χ4v) is 2.54. The summed E-state index contributed by atoms with van der Waals surface area (Å²) in [6.45, 7) is 2.21. The van der Waals surface area contributed by atoms with Crippen LogP contribution in [-0.2, 0) is 9.53 Å². The van der Waals surface area contributed by atoms with Crippen molar-refractivity contribution in [2.75, 3.05) is 6.61 Å². The Morgan fingerprint density at radius 1 is 1.33 bits per heavy atom. The van der Waals surface area contributed by atoms with Gasteiger partial charge in [0.1, 0.15) is 5.75 Å². The highest BCUT2D eigenvalue weighted by Crippen LogP contribution is 2.29. The highest BCUT2D eigenvalue weighted by molar-refractivity contribution is 5.72. The molecule has 0 N–H and O–H groups in total. The van der Waals surface area contributed by atoms with Crippen molar-refractivity contribution in [2.45, 2.75) is 38.7 Å². The summed E-state index contributed by atoms with van der Waals surface area (Å²) in [5.41, 5.74) is 0.0210. The van der Waals surface area contributed by atoms with Crippen LogP contribution >= 0.6 is 0 Å². The number of hydrogen-bond donors (Lipinski definition) is 0. The van der Waals surface area contributed by atoms with Crippen LogP contribution in [0.2, 0.25) is 0 Å². The molecule has 0 spiro atoms. The van der Waals surface area contributed by atoms with Crippen LogP contribution in [0.25, 0.3) is 0 Å². The van der Waals surface area contributed by atoms with Crippen LogP contribution < -0.4 is 4.74 Å². The SMILES string of the molecule is CCOC(=O)C1CCC(Oc2cccc([N+](=O)[O-])c2)CC1. The van der Waals surface area contributed by atoms with Crippen molar-refractivity contribution < 1.29 is 19.2 Å². The van der Waals surface area contributed by atoms with Gasteiger partial charge in [0.05, 0.1) is 29.6 Å². The first-order valence-electron chi connectivity index (χ1n) is 7.18. The maximum absolute atomic E-state index is 11.6. The predicted molar refractivity (Wildman–Crippen MR) is 76.1 cm³/mol. The molecule has 0 heterocycles. The highest BCUT2D eigenvalue weighted by Gasteiger charge is 2.28. The van der Waals surface area contributed by atoms with Crippen LogP contribution in [0.1, 0.15) is 32.6 Å². The molecule has 6 nitrogen and oxygen atoms in total. The van der Waals surface area contributed by atoms with Gasteiger partial charge < -0.3 is 9.47 Å². The van der Waals surface area contributed by atoms with E-state index in [-0.39, 0.29) is 23.7 Å². The van der Waals surface area contributed by atoms with Crippen LogP contribution in [0.3, 0.4) is 0 Å². The lowest BCUT2D eigenvalue weighted by molar-refractivity contribution is -0.384. The van der Waals surface area contributed by atoms with E-state index in [1.807, 2.05) is 0 Å². The number of nitrogens with zero attached hydrogens (tertiary/aromatic N) is 1. The molecule has 0 radical (unpaired) electrons. The number of nitro groups is 1. The summed E-state index contributed by atoms with van der Waals surface area (Å²) in [5.74, 6) is 0.324. The van der Waals surface area contributed by atoms with Gasteiger partial charge in [-0.25, -0.2) is 0 Å². The zero-order valence-electron chi connectivity index (χ0n) is 12.0. The second-order valence-electron chi connectivity index (χ2n) is 5.10. The van der Waals surface area contributed by atoms with Crippen molar-refractivity contribution in [3.63, 3.8) is 0 Å². The molecule has 1 aliphatic rings. The Hall–Kier alpha value is -2.11. The van der Waals surface area contributed by atoms with Gasteiger partial charge in [-0.05, 0) is 38.7 Å². The van der Waals surface area contributed by atoms with Crippen LogP contribution in [0, 0.1) is 16.0 Å². The van der Waals surface area contributed by atoms with E-state index < -0.39 is 4.92 Å². The topological polar surface area (TPSA) is 78.7 Å². The minimum Gasteiger partial charge on any atom is -0.490 e. The van der Waals surface area contributed by atoms with Crippen LogP contribution in [0.15, 0.2) is 24.3 Å². The summed E-state index contributed by atoms with van der Waals surface area (Å²) < 4.78 is 10.8. The highest BCUT2D eigenvalue weighted by atomic mass is 16.6. The third-order valence-corrected chi connectivity index (χ3v) is 3.63. The van der Waals surface area contributed by atoms with Gasteiger partial charge in [0.25, 0.3) is 5.69 Å². The fourth-order valence-electron chi connectivity index (χ4n) is 2.54. The number of non-ortho nitro benzene ring substituents is 1. The standard InChI is InChI=1S/C15H19NO5/c1-2-20-15(17)11-6-8-13(9-7-11)21-14-5-3-4-12(10-14)16(18)19/h3-5,10-11,13H,2,6-9H2,1H3. The molecule has 0 bridgehead atoms. The van der Waals surface area contributed by atoms with Crippen molar-refractivity contribution in [3.05, 3.63) is 34.4 Å². The van der Waals surface area contributed by atoms with E-state index >= 15 is 0 Å². The normalized spacial score (nSPS) is 21.6. The van der Waals surface area contributed by atoms with Gasteiger partial charge in [0.15, 0.2) is 0 Å². The van der Waals surface area contributed by atoms with Crippen LogP contribution in [-0.4, -0.2) is 23.6 Å². The van der Waals surface area contributed by atoms with Gasteiger partial charge in [0, 0.05) is 6.07 Å². The average molecular weight is 293 g/mol. The molecule has 0 aromatic heterocycles. The lowest BCUT2D eigenvalue weighted by Crippen LogP contribution is -2.29. The summed E-state index contributed by atoms with van der Waals surface area (Å²) in [6, 6.07) is 6.18. The van der Waals surface area contributed by atoms with E-state index in [2.05, 4.69) is 0 Å². The molecule has 1 fully saturated rings. The van der Waals surface area contributed by atoms with Crippen molar-refractivity contribution in [1.29, 1.82) is 0 Å². The van der Waals surface area contributed by atoms with E-state index in [4.69, 9.17) is 9.47 Å². The molecule has 0 unspecified atom stereocenters. The van der Waals surface area contributed by atoms with Gasteiger partial charge in [0.2, 0.25) is 0 Å². The molecule has 21 heavy (non-hydrogen) atoms. The van der Waals surface area contributed by atoms with Gasteiger partial charge in [-0.3, -0.25) is 14.9 Å². The molecular formula is C15H19NO5. The molecule has 6 heteroatoms. The van der Waals surface area contributed by atoms with E-state index in [1.54, 1.807) is 19.1 Å². The quantitative estimate of drug-likeness (QED) is 0.473. The van der Waals surface area contributed by atoms with Crippen LogP contribution in [0.5, 0.6) is 5.75 Å². The molecular weight excluding hydrogens is 274 g/mol. The Morgan fingerprint density at radius 3 is 2.67 bits per heavy atom. The molecule has 1 aliphatic carbocycles. The Balaban J connectivity index is 1.87. The number of hydrogen-bond acceptors (Lipinski definition) is 5. The number of carbonyl (C=O) groups is 1. The Bertz CT molecular complexity index is 509. The molecule has 0 atom stereocenters. The number of ether oxygens (including phenoxy) is 2. The maximum atomic E-state index is 11.6. The zero-order chi connectivity index (χ0) is 15.2. The zero-order valence-corrected chi connectivity index (χ0v) is 12.0. The predicted octanol–water partition coefficient (Wildman–Crippen LogP) is 3.10. The van der Waals surface area contributed by atoms with Crippen LogP contribution in [0.4, 0.5) is 5.69 Å². The van der Waals surface area contributed by atoms with Crippen molar-refractivity contribution in [2.24, 2.45) is 5.92 Å². The molecule has 1 saturated carbocycles. The van der Waals surface area contributed by atoms with Crippen molar-refractivity contribution in [3.8, 4) is 5.75 Å². The molecule has 0 amide bonds. The third kappa shape index (κ3) is 4.18.